The van der Waals surface area contributed by atoms with Crippen molar-refractivity contribution in [2.24, 2.45) is 5.73 Å². The van der Waals surface area contributed by atoms with Crippen molar-refractivity contribution in [1.29, 1.82) is 0 Å². The highest BCUT2D eigenvalue weighted by Crippen LogP contribution is 2.26. The van der Waals surface area contributed by atoms with Gasteiger partial charge in [0.2, 0.25) is 0 Å². The van der Waals surface area contributed by atoms with Crippen LogP contribution in [0, 0.1) is 24.4 Å². The van der Waals surface area contributed by atoms with E-state index in [2.05, 4.69) is 0 Å². The molecule has 2 N–H and O–H groups in total. The molecular formula is C15H14F3NS. The summed E-state index contributed by atoms with van der Waals surface area (Å²) < 4.78 is 39.6. The predicted octanol–water partition coefficient (Wildman–Crippen LogP) is 4.20. The summed E-state index contributed by atoms with van der Waals surface area (Å²) in [6, 6.07) is 9.19. The summed E-state index contributed by atoms with van der Waals surface area (Å²) >= 11 is 1.44. The maximum Gasteiger partial charge on any atom is 0.194 e. The fraction of sp³-hybridized carbons (Fsp3) is 0.200. The molecule has 106 valence electrons. The van der Waals surface area contributed by atoms with Crippen molar-refractivity contribution in [2.45, 2.75) is 17.9 Å². The topological polar surface area (TPSA) is 26.0 Å². The number of rotatable bonds is 4. The summed E-state index contributed by atoms with van der Waals surface area (Å²) in [5.41, 5.74) is 6.98. The predicted molar refractivity (Wildman–Crippen MR) is 75.1 cm³/mol. The first kappa shape index (κ1) is 14.9. The third-order valence-corrected chi connectivity index (χ3v) is 4.05. The van der Waals surface area contributed by atoms with Crippen LogP contribution in [0.5, 0.6) is 0 Å². The summed E-state index contributed by atoms with van der Waals surface area (Å²) in [4.78, 5) is 0.994. The molecule has 0 bridgehead atoms. The Balaban J connectivity index is 2.07. The van der Waals surface area contributed by atoms with Gasteiger partial charge in [0.1, 0.15) is 0 Å². The van der Waals surface area contributed by atoms with Crippen molar-refractivity contribution in [3.63, 3.8) is 0 Å². The van der Waals surface area contributed by atoms with E-state index in [0.29, 0.717) is 5.75 Å². The van der Waals surface area contributed by atoms with Gasteiger partial charge in [0.25, 0.3) is 0 Å². The second-order valence-electron chi connectivity index (χ2n) is 4.50. The second kappa shape index (κ2) is 6.33. The molecule has 0 aliphatic heterocycles. The molecule has 0 aliphatic carbocycles. The third kappa shape index (κ3) is 3.35. The SMILES string of the molecule is Cc1ccc(SCC(N)c2ccc(F)c(F)c2F)cc1. The normalized spacial score (nSPS) is 12.4. The van der Waals surface area contributed by atoms with Crippen LogP contribution in [-0.2, 0) is 0 Å². The highest BCUT2D eigenvalue weighted by Gasteiger charge is 2.18. The van der Waals surface area contributed by atoms with E-state index in [0.717, 1.165) is 16.5 Å². The number of hydrogen-bond acceptors (Lipinski definition) is 2. The molecule has 2 aromatic rings. The molecule has 5 heteroatoms. The van der Waals surface area contributed by atoms with Gasteiger partial charge in [0.05, 0.1) is 0 Å². The first-order chi connectivity index (χ1) is 9.49. The molecule has 0 fully saturated rings. The Morgan fingerprint density at radius 1 is 1.00 bits per heavy atom. The van der Waals surface area contributed by atoms with Crippen molar-refractivity contribution < 1.29 is 13.2 Å². The molecular weight excluding hydrogens is 283 g/mol. The molecule has 0 aliphatic rings. The number of halogens is 3. The molecule has 1 atom stereocenters. The van der Waals surface area contributed by atoms with Crippen molar-refractivity contribution in [1.82, 2.24) is 0 Å². The average Bonchev–Trinajstić information content (AvgIpc) is 2.44. The zero-order chi connectivity index (χ0) is 14.7. The molecule has 0 heterocycles. The zero-order valence-corrected chi connectivity index (χ0v) is 11.7. The number of aryl methyl sites for hydroxylation is 1. The van der Waals surface area contributed by atoms with E-state index in [9.17, 15) is 13.2 Å². The molecule has 2 rings (SSSR count). The van der Waals surface area contributed by atoms with E-state index < -0.39 is 23.5 Å². The second-order valence-corrected chi connectivity index (χ2v) is 5.59. The van der Waals surface area contributed by atoms with Crippen molar-refractivity contribution >= 4 is 11.8 Å². The Labute approximate surface area is 120 Å². The monoisotopic (exact) mass is 297 g/mol. The minimum atomic E-state index is -1.47. The number of benzene rings is 2. The number of thioether (sulfide) groups is 1. The van der Waals surface area contributed by atoms with Gasteiger partial charge in [-0.2, -0.15) is 0 Å². The smallest absolute Gasteiger partial charge is 0.194 e. The van der Waals surface area contributed by atoms with Gasteiger partial charge >= 0.3 is 0 Å². The van der Waals surface area contributed by atoms with E-state index in [-0.39, 0.29) is 5.56 Å². The first-order valence-corrected chi connectivity index (χ1v) is 7.06. The van der Waals surface area contributed by atoms with Crippen molar-refractivity contribution in [3.05, 3.63) is 65.0 Å². The van der Waals surface area contributed by atoms with E-state index in [1.807, 2.05) is 31.2 Å². The molecule has 0 saturated heterocycles. The fourth-order valence-electron chi connectivity index (χ4n) is 1.74. The number of hydrogen-bond donors (Lipinski definition) is 1. The Morgan fingerprint density at radius 3 is 2.30 bits per heavy atom. The van der Waals surface area contributed by atoms with Crippen LogP contribution in [0.15, 0.2) is 41.3 Å². The highest BCUT2D eigenvalue weighted by molar-refractivity contribution is 7.99. The van der Waals surface area contributed by atoms with Gasteiger partial charge in [-0.3, -0.25) is 0 Å². The molecule has 1 nitrogen and oxygen atoms in total. The van der Waals surface area contributed by atoms with E-state index >= 15 is 0 Å². The molecule has 0 spiro atoms. The maximum absolute atomic E-state index is 13.6. The minimum Gasteiger partial charge on any atom is -0.323 e. The Kier molecular flexibility index (Phi) is 4.73. The third-order valence-electron chi connectivity index (χ3n) is 2.92. The van der Waals surface area contributed by atoms with E-state index in [1.54, 1.807) is 0 Å². The van der Waals surface area contributed by atoms with E-state index in [4.69, 9.17) is 5.73 Å². The molecule has 2 aromatic carbocycles. The molecule has 0 radical (unpaired) electrons. The maximum atomic E-state index is 13.6. The average molecular weight is 297 g/mol. The lowest BCUT2D eigenvalue weighted by Gasteiger charge is -2.13. The van der Waals surface area contributed by atoms with Gasteiger partial charge in [-0.05, 0) is 25.1 Å². The summed E-state index contributed by atoms with van der Waals surface area (Å²) in [7, 11) is 0. The fourth-order valence-corrected chi connectivity index (χ4v) is 2.62. The number of nitrogens with two attached hydrogens (primary N) is 1. The first-order valence-electron chi connectivity index (χ1n) is 6.07. The molecule has 0 aromatic heterocycles. The molecule has 0 saturated carbocycles. The molecule has 1 unspecified atom stereocenters. The van der Waals surface area contributed by atoms with Gasteiger partial charge in [0.15, 0.2) is 17.5 Å². The largest absolute Gasteiger partial charge is 0.323 e. The summed E-state index contributed by atoms with van der Waals surface area (Å²) in [5, 5.41) is 0. The van der Waals surface area contributed by atoms with Crippen LogP contribution in [0.4, 0.5) is 13.2 Å². The summed E-state index contributed by atoms with van der Waals surface area (Å²) in [6.45, 7) is 1.98. The van der Waals surface area contributed by atoms with Gasteiger partial charge in [-0.25, -0.2) is 13.2 Å². The minimum absolute atomic E-state index is 0.0106. The van der Waals surface area contributed by atoms with Crippen molar-refractivity contribution in [3.8, 4) is 0 Å². The summed E-state index contributed by atoms with van der Waals surface area (Å²) in [6.07, 6.45) is 0. The van der Waals surface area contributed by atoms with Gasteiger partial charge < -0.3 is 5.73 Å². The lowest BCUT2D eigenvalue weighted by molar-refractivity contribution is 0.437. The lowest BCUT2D eigenvalue weighted by Crippen LogP contribution is -2.16. The van der Waals surface area contributed by atoms with Crippen LogP contribution in [0.2, 0.25) is 0 Å². The molecule has 0 amide bonds. The Bertz CT molecular complexity index is 599. The van der Waals surface area contributed by atoms with Crippen molar-refractivity contribution in [2.75, 3.05) is 5.75 Å². The standard InChI is InChI=1S/C15H14F3NS/c1-9-2-4-10(5-3-9)20-8-13(19)11-6-7-12(16)15(18)14(11)17/h2-7,13H,8,19H2,1H3. The van der Waals surface area contributed by atoms with Crippen LogP contribution >= 0.6 is 11.8 Å². The Hall–Kier alpha value is -1.46. The lowest BCUT2D eigenvalue weighted by atomic mass is 10.1. The van der Waals surface area contributed by atoms with E-state index in [1.165, 1.54) is 17.8 Å². The van der Waals surface area contributed by atoms with Gasteiger partial charge in [-0.15, -0.1) is 11.8 Å². The van der Waals surface area contributed by atoms with Crippen LogP contribution in [-0.4, -0.2) is 5.75 Å². The van der Waals surface area contributed by atoms with Gasteiger partial charge in [-0.1, -0.05) is 23.8 Å². The van der Waals surface area contributed by atoms with Crippen LogP contribution in [0.25, 0.3) is 0 Å². The summed E-state index contributed by atoms with van der Waals surface area (Å²) in [5.74, 6) is -3.50. The van der Waals surface area contributed by atoms with Crippen LogP contribution in [0.3, 0.4) is 0 Å². The van der Waals surface area contributed by atoms with Crippen LogP contribution < -0.4 is 5.73 Å². The zero-order valence-electron chi connectivity index (χ0n) is 10.9. The highest BCUT2D eigenvalue weighted by atomic mass is 32.2. The quantitative estimate of drug-likeness (QED) is 0.676. The van der Waals surface area contributed by atoms with Gasteiger partial charge in [0, 0.05) is 22.3 Å². The Morgan fingerprint density at radius 2 is 1.65 bits per heavy atom. The molecule has 20 heavy (non-hydrogen) atoms. The van der Waals surface area contributed by atoms with Crippen LogP contribution in [0.1, 0.15) is 17.2 Å².